The molecule has 1 aliphatic rings. The number of nitrogens with zero attached hydrogens (tertiary/aromatic N) is 1. The smallest absolute Gasteiger partial charge is 0.410 e. The van der Waals surface area contributed by atoms with Crippen LogP contribution in [0.5, 0.6) is 0 Å². The van der Waals surface area contributed by atoms with Gasteiger partial charge in [0, 0.05) is 19.0 Å². The number of carbonyl (C=O) groups is 2. The maximum atomic E-state index is 12.2. The quantitative estimate of drug-likeness (QED) is 0.788. The molecule has 1 amide bonds. The van der Waals surface area contributed by atoms with Gasteiger partial charge in [-0.3, -0.25) is 4.79 Å². The van der Waals surface area contributed by atoms with Gasteiger partial charge in [0.05, 0.1) is 13.0 Å². The Hall–Kier alpha value is -2.04. The molecule has 120 valence electrons. The van der Waals surface area contributed by atoms with E-state index in [1.165, 1.54) is 7.11 Å². The second-order valence-corrected chi connectivity index (χ2v) is 6.53. The number of hydrogen-bond donors (Lipinski definition) is 0. The molecule has 1 heterocycles. The van der Waals surface area contributed by atoms with Gasteiger partial charge in [-0.25, -0.2) is 4.79 Å². The highest BCUT2D eigenvalue weighted by Crippen LogP contribution is 2.34. The minimum atomic E-state index is -0.553. The zero-order valence-electron chi connectivity index (χ0n) is 13.5. The summed E-state index contributed by atoms with van der Waals surface area (Å²) in [5, 5.41) is 0. The highest BCUT2D eigenvalue weighted by Gasteiger charge is 2.42. The average Bonchev–Trinajstić information content (AvgIpc) is 2.91. The van der Waals surface area contributed by atoms with E-state index in [1.54, 1.807) is 4.90 Å². The van der Waals surface area contributed by atoms with Crippen LogP contribution in [-0.4, -0.2) is 42.8 Å². The normalized spacial score (nSPS) is 21.5. The fraction of sp³-hybridized carbons (Fsp3) is 0.529. The van der Waals surface area contributed by atoms with E-state index in [-0.39, 0.29) is 23.9 Å². The van der Waals surface area contributed by atoms with Crippen LogP contribution < -0.4 is 0 Å². The van der Waals surface area contributed by atoms with Crippen molar-refractivity contribution in [1.29, 1.82) is 0 Å². The summed E-state index contributed by atoms with van der Waals surface area (Å²) in [6, 6.07) is 9.73. The van der Waals surface area contributed by atoms with Crippen LogP contribution in [0.25, 0.3) is 0 Å². The van der Waals surface area contributed by atoms with Gasteiger partial charge >= 0.3 is 12.1 Å². The molecule has 1 aliphatic heterocycles. The van der Waals surface area contributed by atoms with Crippen LogP contribution in [0.3, 0.4) is 0 Å². The third kappa shape index (κ3) is 3.78. The lowest BCUT2D eigenvalue weighted by Gasteiger charge is -2.24. The van der Waals surface area contributed by atoms with Gasteiger partial charge < -0.3 is 14.4 Å². The molecule has 0 aromatic heterocycles. The molecule has 5 heteroatoms. The van der Waals surface area contributed by atoms with Crippen LogP contribution in [-0.2, 0) is 14.3 Å². The average molecular weight is 305 g/mol. The number of benzene rings is 1. The Morgan fingerprint density at radius 1 is 1.14 bits per heavy atom. The fourth-order valence-electron chi connectivity index (χ4n) is 2.71. The molecular formula is C17H23NO4. The number of ether oxygens (including phenoxy) is 2. The molecule has 1 aromatic rings. The van der Waals surface area contributed by atoms with Crippen molar-refractivity contribution in [3.05, 3.63) is 35.9 Å². The van der Waals surface area contributed by atoms with Gasteiger partial charge in [0.15, 0.2) is 0 Å². The van der Waals surface area contributed by atoms with Crippen LogP contribution in [0.4, 0.5) is 4.79 Å². The van der Waals surface area contributed by atoms with E-state index in [1.807, 2.05) is 51.1 Å². The minimum absolute atomic E-state index is 0.0684. The Bertz CT molecular complexity index is 535. The molecule has 2 atom stereocenters. The van der Waals surface area contributed by atoms with Crippen molar-refractivity contribution < 1.29 is 19.1 Å². The number of amides is 1. The molecule has 22 heavy (non-hydrogen) atoms. The predicted molar refractivity (Wildman–Crippen MR) is 82.5 cm³/mol. The first-order valence-corrected chi connectivity index (χ1v) is 7.42. The zero-order valence-corrected chi connectivity index (χ0v) is 13.5. The van der Waals surface area contributed by atoms with Crippen LogP contribution >= 0.6 is 0 Å². The van der Waals surface area contributed by atoms with Gasteiger partial charge in [0.25, 0.3) is 0 Å². The Morgan fingerprint density at radius 2 is 1.77 bits per heavy atom. The van der Waals surface area contributed by atoms with Crippen molar-refractivity contribution in [3.63, 3.8) is 0 Å². The molecule has 1 fully saturated rings. The second-order valence-electron chi connectivity index (χ2n) is 6.53. The van der Waals surface area contributed by atoms with Crippen molar-refractivity contribution in [2.45, 2.75) is 32.3 Å². The lowest BCUT2D eigenvalue weighted by molar-refractivity contribution is -0.145. The van der Waals surface area contributed by atoms with Crippen molar-refractivity contribution in [2.75, 3.05) is 20.2 Å². The van der Waals surface area contributed by atoms with E-state index >= 15 is 0 Å². The first kappa shape index (κ1) is 16.3. The van der Waals surface area contributed by atoms with Crippen LogP contribution in [0.1, 0.15) is 32.3 Å². The number of methoxy groups -OCH3 is 1. The Morgan fingerprint density at radius 3 is 2.32 bits per heavy atom. The summed E-state index contributed by atoms with van der Waals surface area (Å²) in [5.41, 5.74) is 0.479. The summed E-state index contributed by atoms with van der Waals surface area (Å²) < 4.78 is 10.3. The fourth-order valence-corrected chi connectivity index (χ4v) is 2.71. The van der Waals surface area contributed by atoms with Crippen LogP contribution in [0.2, 0.25) is 0 Å². The highest BCUT2D eigenvalue weighted by atomic mass is 16.6. The molecule has 0 spiro atoms. The van der Waals surface area contributed by atoms with E-state index in [4.69, 9.17) is 9.47 Å². The number of likely N-dealkylation sites (tertiary alicyclic amines) is 1. The third-order valence-electron chi connectivity index (χ3n) is 3.70. The molecule has 1 saturated heterocycles. The van der Waals surface area contributed by atoms with Crippen molar-refractivity contribution in [2.24, 2.45) is 5.92 Å². The molecule has 0 radical (unpaired) electrons. The molecule has 0 aliphatic carbocycles. The summed E-state index contributed by atoms with van der Waals surface area (Å²) in [4.78, 5) is 25.9. The maximum absolute atomic E-state index is 12.2. The number of carbonyl (C=O) groups excluding carboxylic acids is 2. The molecule has 0 bridgehead atoms. The van der Waals surface area contributed by atoms with E-state index in [2.05, 4.69) is 0 Å². The lowest BCUT2D eigenvalue weighted by atomic mass is 9.89. The van der Waals surface area contributed by atoms with Gasteiger partial charge in [0.2, 0.25) is 0 Å². The van der Waals surface area contributed by atoms with Gasteiger partial charge in [-0.15, -0.1) is 0 Å². The van der Waals surface area contributed by atoms with Crippen molar-refractivity contribution in [3.8, 4) is 0 Å². The van der Waals surface area contributed by atoms with Gasteiger partial charge in [-0.1, -0.05) is 30.3 Å². The Balaban J connectivity index is 2.18. The van der Waals surface area contributed by atoms with E-state index in [0.717, 1.165) is 5.56 Å². The summed E-state index contributed by atoms with van der Waals surface area (Å²) >= 11 is 0. The van der Waals surface area contributed by atoms with Crippen molar-refractivity contribution >= 4 is 12.1 Å². The van der Waals surface area contributed by atoms with Gasteiger partial charge in [-0.05, 0) is 26.3 Å². The number of hydrogen-bond acceptors (Lipinski definition) is 4. The lowest BCUT2D eigenvalue weighted by Crippen LogP contribution is -2.36. The first-order chi connectivity index (χ1) is 10.3. The standard InChI is InChI=1S/C17H23NO4/c1-17(2,3)22-16(20)18-10-13(12-8-6-5-7-9-12)14(11-18)15(19)21-4/h5-9,13-14H,10-11H2,1-4H3/t13-,14+/m1/s1. The summed E-state index contributed by atoms with van der Waals surface area (Å²) in [6.07, 6.45) is -0.389. The van der Waals surface area contributed by atoms with E-state index in [0.29, 0.717) is 13.1 Å². The molecule has 2 rings (SSSR count). The second kappa shape index (κ2) is 6.38. The summed E-state index contributed by atoms with van der Waals surface area (Å²) in [6.45, 7) is 6.26. The molecule has 1 aromatic carbocycles. The molecule has 5 nitrogen and oxygen atoms in total. The molecule has 0 saturated carbocycles. The SMILES string of the molecule is COC(=O)[C@H]1CN(C(=O)OC(C)(C)C)C[C@@H]1c1ccccc1. The minimum Gasteiger partial charge on any atom is -0.469 e. The molecule has 0 N–H and O–H groups in total. The van der Waals surface area contributed by atoms with Gasteiger partial charge in [0.1, 0.15) is 5.60 Å². The topological polar surface area (TPSA) is 55.8 Å². The number of esters is 1. The zero-order chi connectivity index (χ0) is 16.3. The third-order valence-corrected chi connectivity index (χ3v) is 3.70. The largest absolute Gasteiger partial charge is 0.469 e. The Kier molecular flexibility index (Phi) is 4.74. The van der Waals surface area contributed by atoms with Gasteiger partial charge in [-0.2, -0.15) is 0 Å². The molecule has 0 unspecified atom stereocenters. The predicted octanol–water partition coefficient (Wildman–Crippen LogP) is 2.81. The summed E-state index contributed by atoms with van der Waals surface area (Å²) in [5.74, 6) is -0.721. The van der Waals surface area contributed by atoms with Crippen LogP contribution in [0.15, 0.2) is 30.3 Å². The maximum Gasteiger partial charge on any atom is 0.410 e. The van der Waals surface area contributed by atoms with E-state index < -0.39 is 5.60 Å². The van der Waals surface area contributed by atoms with Crippen molar-refractivity contribution in [1.82, 2.24) is 4.90 Å². The summed E-state index contributed by atoms with van der Waals surface area (Å²) in [7, 11) is 1.38. The highest BCUT2D eigenvalue weighted by molar-refractivity contribution is 5.77. The number of rotatable bonds is 2. The monoisotopic (exact) mass is 305 g/mol. The molecular weight excluding hydrogens is 282 g/mol. The van der Waals surface area contributed by atoms with E-state index in [9.17, 15) is 9.59 Å². The Labute approximate surface area is 131 Å². The first-order valence-electron chi connectivity index (χ1n) is 7.42. The van der Waals surface area contributed by atoms with Crippen LogP contribution in [0, 0.1) is 5.92 Å².